The quantitative estimate of drug-likeness (QED) is 0.235. The summed E-state index contributed by atoms with van der Waals surface area (Å²) in [5, 5.41) is 10.6. The van der Waals surface area contributed by atoms with Crippen molar-refractivity contribution in [3.05, 3.63) is 12.2 Å². The predicted molar refractivity (Wildman–Crippen MR) is 126 cm³/mol. The first-order chi connectivity index (χ1) is 15.7. The topological polar surface area (TPSA) is 65.0 Å². The first kappa shape index (κ1) is 25.7. The summed E-state index contributed by atoms with van der Waals surface area (Å²) in [6.45, 7) is 3.00. The molecule has 3 aliphatic rings. The molecule has 6 atom stereocenters. The van der Waals surface area contributed by atoms with Gasteiger partial charge < -0.3 is 19.3 Å². The van der Waals surface area contributed by atoms with E-state index in [1.807, 2.05) is 0 Å². The van der Waals surface area contributed by atoms with Crippen LogP contribution in [0, 0.1) is 11.8 Å². The Morgan fingerprint density at radius 2 is 2.00 bits per heavy atom. The Morgan fingerprint density at radius 1 is 1.12 bits per heavy atom. The van der Waals surface area contributed by atoms with Gasteiger partial charge in [-0.05, 0) is 63.7 Å². The molecule has 0 aromatic carbocycles. The van der Waals surface area contributed by atoms with Crippen molar-refractivity contribution in [2.75, 3.05) is 6.61 Å². The van der Waals surface area contributed by atoms with Crippen LogP contribution < -0.4 is 0 Å². The Balaban J connectivity index is 1.59. The van der Waals surface area contributed by atoms with E-state index >= 15 is 0 Å². The van der Waals surface area contributed by atoms with E-state index in [1.54, 1.807) is 0 Å². The lowest BCUT2D eigenvalue weighted by molar-refractivity contribution is -0.196. The van der Waals surface area contributed by atoms with Crippen LogP contribution in [0.25, 0.3) is 0 Å². The predicted octanol–water partition coefficient (Wildman–Crippen LogP) is 6.08. The van der Waals surface area contributed by atoms with Gasteiger partial charge in [-0.15, -0.1) is 0 Å². The number of carbonyl (C=O) groups excluding carboxylic acids is 1. The second-order valence-corrected chi connectivity index (χ2v) is 10.1. The first-order valence-electron chi connectivity index (χ1n) is 13.5. The van der Waals surface area contributed by atoms with Crippen molar-refractivity contribution < 1.29 is 24.1 Å². The number of hydrogen-bond donors (Lipinski definition) is 1. The number of allylic oxidation sites excluding steroid dienone is 2. The summed E-state index contributed by atoms with van der Waals surface area (Å²) < 4.78 is 18.3. The number of aliphatic hydroxyl groups excluding tert-OH is 1. The molecule has 5 heteroatoms. The van der Waals surface area contributed by atoms with Crippen LogP contribution >= 0.6 is 0 Å². The third-order valence-corrected chi connectivity index (χ3v) is 7.52. The molecule has 0 radical (unpaired) electrons. The van der Waals surface area contributed by atoms with E-state index < -0.39 is 0 Å². The first-order valence-corrected chi connectivity index (χ1v) is 13.5. The van der Waals surface area contributed by atoms with Gasteiger partial charge in [-0.2, -0.15) is 0 Å². The minimum Gasteiger partial charge on any atom is -0.462 e. The van der Waals surface area contributed by atoms with Gasteiger partial charge in [-0.1, -0.05) is 51.2 Å². The number of hydrogen-bond acceptors (Lipinski definition) is 5. The van der Waals surface area contributed by atoms with Crippen molar-refractivity contribution in [3.8, 4) is 0 Å². The molecule has 0 amide bonds. The van der Waals surface area contributed by atoms with Gasteiger partial charge >= 0.3 is 5.97 Å². The van der Waals surface area contributed by atoms with Crippen molar-refractivity contribution in [2.24, 2.45) is 11.8 Å². The third-order valence-electron chi connectivity index (χ3n) is 7.52. The number of ether oxygens (including phenoxy) is 3. The number of esters is 1. The number of aliphatic hydroxyl groups is 1. The zero-order valence-electron chi connectivity index (χ0n) is 20.2. The van der Waals surface area contributed by atoms with Gasteiger partial charge in [0, 0.05) is 25.4 Å². The highest BCUT2D eigenvalue weighted by molar-refractivity contribution is 5.69. The molecule has 6 unspecified atom stereocenters. The van der Waals surface area contributed by atoms with Gasteiger partial charge in [-0.3, -0.25) is 4.79 Å². The molecule has 184 valence electrons. The second-order valence-electron chi connectivity index (χ2n) is 10.1. The van der Waals surface area contributed by atoms with Crippen LogP contribution in [-0.4, -0.2) is 42.3 Å². The van der Waals surface area contributed by atoms with Crippen molar-refractivity contribution in [1.29, 1.82) is 0 Å². The highest BCUT2D eigenvalue weighted by atomic mass is 16.7. The molecular weight excluding hydrogens is 404 g/mol. The molecule has 1 saturated heterocycles. The van der Waals surface area contributed by atoms with Crippen LogP contribution in [0.3, 0.4) is 0 Å². The van der Waals surface area contributed by atoms with Crippen molar-refractivity contribution >= 4 is 5.97 Å². The fraction of sp³-hybridized carbons (Fsp3) is 0.889. The molecular formula is C27H46O5. The molecule has 2 aliphatic heterocycles. The third kappa shape index (κ3) is 8.46. The Labute approximate surface area is 195 Å². The van der Waals surface area contributed by atoms with E-state index in [0.29, 0.717) is 6.42 Å². The van der Waals surface area contributed by atoms with Gasteiger partial charge in [0.05, 0.1) is 12.2 Å². The molecule has 0 aromatic heterocycles. The maximum atomic E-state index is 12.4. The molecule has 0 bridgehead atoms. The zero-order chi connectivity index (χ0) is 22.6. The highest BCUT2D eigenvalue weighted by Gasteiger charge is 2.46. The van der Waals surface area contributed by atoms with Crippen LogP contribution in [0.15, 0.2) is 12.2 Å². The van der Waals surface area contributed by atoms with Crippen LogP contribution in [0.4, 0.5) is 0 Å². The summed E-state index contributed by atoms with van der Waals surface area (Å²) in [5.41, 5.74) is 0. The van der Waals surface area contributed by atoms with E-state index in [-0.39, 0.29) is 42.4 Å². The minimum absolute atomic E-state index is 0.0341. The molecule has 1 saturated carbocycles. The summed E-state index contributed by atoms with van der Waals surface area (Å²) >= 11 is 0. The maximum Gasteiger partial charge on any atom is 0.306 e. The summed E-state index contributed by atoms with van der Waals surface area (Å²) in [6, 6.07) is 0. The van der Waals surface area contributed by atoms with Crippen LogP contribution in [0.2, 0.25) is 0 Å². The largest absolute Gasteiger partial charge is 0.462 e. The van der Waals surface area contributed by atoms with E-state index in [1.165, 1.54) is 25.7 Å². The molecule has 0 aromatic rings. The number of unbranched alkanes of at least 4 members (excludes halogenated alkanes) is 4. The molecule has 32 heavy (non-hydrogen) atoms. The fourth-order valence-electron chi connectivity index (χ4n) is 5.64. The van der Waals surface area contributed by atoms with Crippen LogP contribution in [0.1, 0.15) is 110 Å². The highest BCUT2D eigenvalue weighted by Crippen LogP contribution is 2.43. The normalized spacial score (nSPS) is 33.3. The van der Waals surface area contributed by atoms with Crippen LogP contribution in [0.5, 0.6) is 0 Å². The minimum atomic E-state index is -0.250. The van der Waals surface area contributed by atoms with Gasteiger partial charge in [0.15, 0.2) is 6.29 Å². The summed E-state index contributed by atoms with van der Waals surface area (Å²) in [4.78, 5) is 12.4. The Bertz CT molecular complexity index is 556. The molecule has 2 heterocycles. The summed E-state index contributed by atoms with van der Waals surface area (Å²) in [7, 11) is 0. The van der Waals surface area contributed by atoms with Crippen molar-refractivity contribution in [2.45, 2.75) is 134 Å². The molecule has 0 spiro atoms. The number of carbonyl (C=O) groups is 1. The average molecular weight is 451 g/mol. The van der Waals surface area contributed by atoms with Gasteiger partial charge in [0.1, 0.15) is 6.10 Å². The van der Waals surface area contributed by atoms with Crippen LogP contribution in [-0.2, 0) is 19.0 Å². The molecule has 3 rings (SSSR count). The standard InChI is InChI=1S/C27H46O5/c1-2-3-4-5-8-13-21(28)17-18-23-22-14-9-6-7-10-15-26(29)31-24(22)20-25(23)32-27-16-11-12-19-30-27/h6,9,21-25,27-28H,2-5,7-8,10-20H2,1H3/b9-6-. The van der Waals surface area contributed by atoms with E-state index in [4.69, 9.17) is 14.2 Å². The van der Waals surface area contributed by atoms with Crippen molar-refractivity contribution in [1.82, 2.24) is 0 Å². The SMILES string of the molecule is CCCCCCCC(O)CCC1C(OC2CCCCO2)CC2OC(=O)CCC/C=C\CC21. The number of rotatable bonds is 11. The zero-order valence-corrected chi connectivity index (χ0v) is 20.2. The monoisotopic (exact) mass is 450 g/mol. The lowest BCUT2D eigenvalue weighted by atomic mass is 9.85. The van der Waals surface area contributed by atoms with E-state index in [0.717, 1.165) is 77.2 Å². The lowest BCUT2D eigenvalue weighted by Crippen LogP contribution is -2.32. The fourth-order valence-corrected chi connectivity index (χ4v) is 5.64. The number of fused-ring (bicyclic) bond motifs is 1. The van der Waals surface area contributed by atoms with E-state index in [2.05, 4.69) is 19.1 Å². The van der Waals surface area contributed by atoms with Gasteiger partial charge in [0.25, 0.3) is 0 Å². The average Bonchev–Trinajstić information content (AvgIpc) is 3.10. The Kier molecular flexibility index (Phi) is 11.5. The molecule has 1 aliphatic carbocycles. The summed E-state index contributed by atoms with van der Waals surface area (Å²) in [6.07, 6.45) is 19.9. The van der Waals surface area contributed by atoms with Gasteiger partial charge in [-0.25, -0.2) is 0 Å². The Hall–Kier alpha value is -0.910. The molecule has 2 fully saturated rings. The smallest absolute Gasteiger partial charge is 0.306 e. The van der Waals surface area contributed by atoms with Gasteiger partial charge in [0.2, 0.25) is 0 Å². The summed E-state index contributed by atoms with van der Waals surface area (Å²) in [5.74, 6) is 0.478. The Morgan fingerprint density at radius 3 is 2.81 bits per heavy atom. The molecule has 1 N–H and O–H groups in total. The van der Waals surface area contributed by atoms with E-state index in [9.17, 15) is 9.90 Å². The lowest BCUT2D eigenvalue weighted by Gasteiger charge is -2.30. The second kappa shape index (κ2) is 14.4. The maximum absolute atomic E-state index is 12.4. The van der Waals surface area contributed by atoms with Crippen molar-refractivity contribution in [3.63, 3.8) is 0 Å². The molecule has 5 nitrogen and oxygen atoms in total.